The van der Waals surface area contributed by atoms with E-state index in [9.17, 15) is 0 Å². The molecule has 0 amide bonds. The molecule has 1 aromatic heterocycles. The van der Waals surface area contributed by atoms with E-state index in [-0.39, 0.29) is 0 Å². The third-order valence-electron chi connectivity index (χ3n) is 1.86. The minimum Gasteiger partial charge on any atom is -0.396 e. The van der Waals surface area contributed by atoms with Crippen molar-refractivity contribution in [1.82, 2.24) is 4.98 Å². The first kappa shape index (κ1) is 11.8. The zero-order chi connectivity index (χ0) is 11.5. The summed E-state index contributed by atoms with van der Waals surface area (Å²) in [5, 5.41) is 1.32. The highest BCUT2D eigenvalue weighted by molar-refractivity contribution is 9.10. The van der Waals surface area contributed by atoms with Crippen LogP contribution in [0.5, 0.6) is 0 Å². The molecule has 0 bridgehead atoms. The minimum absolute atomic E-state index is 0.552. The van der Waals surface area contributed by atoms with Crippen molar-refractivity contribution in [3.05, 3.63) is 46.0 Å². The number of halogens is 2. The Bertz CT molecular complexity index is 519. The molecule has 2 aromatic rings. The van der Waals surface area contributed by atoms with Gasteiger partial charge in [-0.3, -0.25) is 0 Å². The standard InChI is InChI=1S/C11H8BrClN2S/c12-7-2-1-3-9(4-7)16-11-10(14)5-8(13)6-15-11/h1-6H,14H2. The summed E-state index contributed by atoms with van der Waals surface area (Å²) < 4.78 is 1.03. The normalized spacial score (nSPS) is 10.4. The maximum atomic E-state index is 5.83. The number of nitrogens with zero attached hydrogens (tertiary/aromatic N) is 1. The molecule has 5 heteroatoms. The van der Waals surface area contributed by atoms with E-state index in [1.165, 1.54) is 11.8 Å². The molecule has 1 heterocycles. The van der Waals surface area contributed by atoms with Gasteiger partial charge < -0.3 is 5.73 Å². The summed E-state index contributed by atoms with van der Waals surface area (Å²) in [4.78, 5) is 5.27. The van der Waals surface area contributed by atoms with Gasteiger partial charge in [0.1, 0.15) is 5.03 Å². The molecule has 1 aromatic carbocycles. The van der Waals surface area contributed by atoms with Crippen LogP contribution in [-0.4, -0.2) is 4.98 Å². The monoisotopic (exact) mass is 314 g/mol. The molecule has 0 aliphatic heterocycles. The lowest BCUT2D eigenvalue weighted by Gasteiger charge is -2.04. The minimum atomic E-state index is 0.552. The second-order valence-electron chi connectivity index (χ2n) is 3.11. The highest BCUT2D eigenvalue weighted by atomic mass is 79.9. The molecule has 2 nitrogen and oxygen atoms in total. The van der Waals surface area contributed by atoms with E-state index in [4.69, 9.17) is 17.3 Å². The fourth-order valence-corrected chi connectivity index (χ4v) is 2.72. The molecule has 0 aliphatic rings. The third kappa shape index (κ3) is 2.90. The lowest BCUT2D eigenvalue weighted by Crippen LogP contribution is -1.91. The van der Waals surface area contributed by atoms with Crippen LogP contribution in [0.25, 0.3) is 0 Å². The van der Waals surface area contributed by atoms with Crippen LogP contribution in [0.1, 0.15) is 0 Å². The Kier molecular flexibility index (Phi) is 3.74. The van der Waals surface area contributed by atoms with E-state index < -0.39 is 0 Å². The van der Waals surface area contributed by atoms with Crippen molar-refractivity contribution in [3.63, 3.8) is 0 Å². The molecule has 2 rings (SSSR count). The Labute approximate surface area is 111 Å². The van der Waals surface area contributed by atoms with Gasteiger partial charge in [0.2, 0.25) is 0 Å². The number of anilines is 1. The van der Waals surface area contributed by atoms with Crippen molar-refractivity contribution >= 4 is 45.0 Å². The Hall–Kier alpha value is -0.710. The second kappa shape index (κ2) is 5.08. The topological polar surface area (TPSA) is 38.9 Å². The number of hydrogen-bond donors (Lipinski definition) is 1. The van der Waals surface area contributed by atoms with Gasteiger partial charge in [0.15, 0.2) is 0 Å². The molecule has 2 N–H and O–H groups in total. The first-order chi connectivity index (χ1) is 7.65. The Morgan fingerprint density at radius 3 is 2.81 bits per heavy atom. The average molecular weight is 316 g/mol. The van der Waals surface area contributed by atoms with E-state index in [0.717, 1.165) is 14.4 Å². The molecule has 0 fully saturated rings. The molecule has 0 unspecified atom stereocenters. The average Bonchev–Trinajstić information content (AvgIpc) is 2.22. The van der Waals surface area contributed by atoms with Crippen molar-refractivity contribution in [2.45, 2.75) is 9.92 Å². The van der Waals surface area contributed by atoms with Crippen molar-refractivity contribution in [1.29, 1.82) is 0 Å². The van der Waals surface area contributed by atoms with Gasteiger partial charge in [-0.25, -0.2) is 4.98 Å². The van der Waals surface area contributed by atoms with Crippen LogP contribution in [0.2, 0.25) is 5.02 Å². The summed E-state index contributed by atoms with van der Waals surface area (Å²) in [5.41, 5.74) is 6.42. The van der Waals surface area contributed by atoms with Crippen LogP contribution >= 0.6 is 39.3 Å². The SMILES string of the molecule is Nc1cc(Cl)cnc1Sc1cccc(Br)c1. The van der Waals surface area contributed by atoms with E-state index in [0.29, 0.717) is 10.7 Å². The number of rotatable bonds is 2. The molecular weight excluding hydrogens is 308 g/mol. The zero-order valence-electron chi connectivity index (χ0n) is 8.15. The van der Waals surface area contributed by atoms with Crippen LogP contribution in [0.4, 0.5) is 5.69 Å². The highest BCUT2D eigenvalue weighted by Gasteiger charge is 2.04. The summed E-state index contributed by atoms with van der Waals surface area (Å²) in [6.45, 7) is 0. The Morgan fingerprint density at radius 2 is 2.12 bits per heavy atom. The maximum Gasteiger partial charge on any atom is 0.124 e. The summed E-state index contributed by atoms with van der Waals surface area (Å²) in [6, 6.07) is 9.67. The molecule has 0 saturated heterocycles. The van der Waals surface area contributed by atoms with Crippen LogP contribution < -0.4 is 5.73 Å². The van der Waals surface area contributed by atoms with Crippen LogP contribution in [0.3, 0.4) is 0 Å². The number of aromatic nitrogens is 1. The summed E-state index contributed by atoms with van der Waals surface area (Å²) in [7, 11) is 0. The van der Waals surface area contributed by atoms with Crippen molar-refractivity contribution in [3.8, 4) is 0 Å². The fraction of sp³-hybridized carbons (Fsp3) is 0. The molecule has 0 atom stereocenters. The lowest BCUT2D eigenvalue weighted by molar-refractivity contribution is 1.14. The van der Waals surface area contributed by atoms with Crippen molar-refractivity contribution in [2.24, 2.45) is 0 Å². The van der Waals surface area contributed by atoms with Crippen molar-refractivity contribution < 1.29 is 0 Å². The molecule has 0 aliphatic carbocycles. The first-order valence-corrected chi connectivity index (χ1v) is 6.48. The lowest BCUT2D eigenvalue weighted by atomic mass is 10.4. The van der Waals surface area contributed by atoms with Gasteiger partial charge in [-0.1, -0.05) is 45.4 Å². The molecular formula is C11H8BrClN2S. The number of nitrogen functional groups attached to an aromatic ring is 1. The van der Waals surface area contributed by atoms with E-state index in [2.05, 4.69) is 20.9 Å². The quantitative estimate of drug-likeness (QED) is 0.901. The Morgan fingerprint density at radius 1 is 1.31 bits per heavy atom. The fourth-order valence-electron chi connectivity index (χ4n) is 1.17. The van der Waals surface area contributed by atoms with Gasteiger partial charge in [-0.2, -0.15) is 0 Å². The zero-order valence-corrected chi connectivity index (χ0v) is 11.3. The van der Waals surface area contributed by atoms with Crippen LogP contribution in [0.15, 0.2) is 50.9 Å². The van der Waals surface area contributed by atoms with Gasteiger partial charge in [0.05, 0.1) is 10.7 Å². The number of hydrogen-bond acceptors (Lipinski definition) is 3. The summed E-state index contributed by atoms with van der Waals surface area (Å²) in [6.07, 6.45) is 1.60. The van der Waals surface area contributed by atoms with Gasteiger partial charge in [0, 0.05) is 15.6 Å². The molecule has 16 heavy (non-hydrogen) atoms. The van der Waals surface area contributed by atoms with Crippen LogP contribution in [-0.2, 0) is 0 Å². The smallest absolute Gasteiger partial charge is 0.124 e. The van der Waals surface area contributed by atoms with E-state index in [1.54, 1.807) is 12.3 Å². The van der Waals surface area contributed by atoms with Gasteiger partial charge in [0.25, 0.3) is 0 Å². The molecule has 0 spiro atoms. The Balaban J connectivity index is 2.27. The molecule has 0 radical (unpaired) electrons. The summed E-state index contributed by atoms with van der Waals surface area (Å²) >= 11 is 10.7. The van der Waals surface area contributed by atoms with Gasteiger partial charge in [-0.15, -0.1) is 0 Å². The predicted octanol–water partition coefficient (Wildman–Crippen LogP) is 4.23. The van der Waals surface area contributed by atoms with Crippen LogP contribution in [0, 0.1) is 0 Å². The highest BCUT2D eigenvalue weighted by Crippen LogP contribution is 2.32. The third-order valence-corrected chi connectivity index (χ3v) is 3.58. The van der Waals surface area contributed by atoms with Crippen molar-refractivity contribution in [2.75, 3.05) is 5.73 Å². The maximum absolute atomic E-state index is 5.83. The number of benzene rings is 1. The van der Waals surface area contributed by atoms with Gasteiger partial charge in [-0.05, 0) is 24.3 Å². The first-order valence-electron chi connectivity index (χ1n) is 4.49. The number of pyridine rings is 1. The predicted molar refractivity (Wildman–Crippen MR) is 71.9 cm³/mol. The number of nitrogens with two attached hydrogens (primary N) is 1. The second-order valence-corrected chi connectivity index (χ2v) is 5.52. The van der Waals surface area contributed by atoms with E-state index >= 15 is 0 Å². The van der Waals surface area contributed by atoms with E-state index in [1.807, 2.05) is 24.3 Å². The largest absolute Gasteiger partial charge is 0.396 e. The molecule has 0 saturated carbocycles. The van der Waals surface area contributed by atoms with Gasteiger partial charge >= 0.3 is 0 Å². The summed E-state index contributed by atoms with van der Waals surface area (Å²) in [5.74, 6) is 0. The molecule has 82 valence electrons.